The van der Waals surface area contributed by atoms with Crippen molar-refractivity contribution in [3.8, 4) is 0 Å². The van der Waals surface area contributed by atoms with Gasteiger partial charge in [0.2, 0.25) is 5.91 Å². The predicted octanol–water partition coefficient (Wildman–Crippen LogP) is 1.72. The number of carbonyl (C=O) groups is 2. The summed E-state index contributed by atoms with van der Waals surface area (Å²) in [6, 6.07) is -0.463. The van der Waals surface area contributed by atoms with Gasteiger partial charge >= 0.3 is 0 Å². The van der Waals surface area contributed by atoms with Gasteiger partial charge in [0.25, 0.3) is 5.91 Å². The molecule has 2 atom stereocenters. The Bertz CT molecular complexity index is 521. The number of ether oxygens (including phenoxy) is 1. The maximum Gasteiger partial charge on any atom is 0.252 e. The van der Waals surface area contributed by atoms with E-state index in [0.717, 1.165) is 4.88 Å². The molecule has 21 heavy (non-hydrogen) atoms. The maximum atomic E-state index is 12.3. The van der Waals surface area contributed by atoms with Crippen LogP contribution < -0.4 is 5.32 Å². The number of nitrogens with one attached hydrogen (secondary N) is 1. The molecule has 8 heteroatoms. The number of amides is 2. The van der Waals surface area contributed by atoms with Gasteiger partial charge in [0.15, 0.2) is 5.13 Å². The monoisotopic (exact) mass is 329 g/mol. The Hall–Kier alpha value is -1.12. The van der Waals surface area contributed by atoms with E-state index in [-0.39, 0.29) is 11.8 Å². The van der Waals surface area contributed by atoms with E-state index in [1.165, 1.54) is 11.3 Å². The molecule has 2 amide bonds. The summed E-state index contributed by atoms with van der Waals surface area (Å²) in [6.07, 6.45) is 1.19. The third kappa shape index (κ3) is 3.96. The molecule has 116 valence electrons. The highest BCUT2D eigenvalue weighted by Crippen LogP contribution is 2.24. The Morgan fingerprint density at radius 2 is 2.38 bits per heavy atom. The molecule has 1 saturated heterocycles. The van der Waals surface area contributed by atoms with E-state index in [4.69, 9.17) is 4.74 Å². The third-order valence-electron chi connectivity index (χ3n) is 3.08. The molecule has 2 rings (SSSR count). The molecule has 0 unspecified atom stereocenters. The average Bonchev–Trinajstić information content (AvgIpc) is 3.07. The van der Waals surface area contributed by atoms with Gasteiger partial charge in [-0.3, -0.25) is 9.59 Å². The normalized spacial score (nSPS) is 19.6. The van der Waals surface area contributed by atoms with Crippen LogP contribution in [0, 0.1) is 6.92 Å². The van der Waals surface area contributed by atoms with Crippen LogP contribution in [0.15, 0.2) is 6.20 Å². The Morgan fingerprint density at radius 1 is 1.62 bits per heavy atom. The number of carbonyl (C=O) groups excluding carboxylic acids is 2. The lowest BCUT2D eigenvalue weighted by Gasteiger charge is -2.25. The molecule has 2 heterocycles. The van der Waals surface area contributed by atoms with Gasteiger partial charge < -0.3 is 15.0 Å². The summed E-state index contributed by atoms with van der Waals surface area (Å²) in [5.41, 5.74) is 0. The van der Waals surface area contributed by atoms with Gasteiger partial charge in [-0.15, -0.1) is 23.1 Å². The van der Waals surface area contributed by atoms with Gasteiger partial charge in [0.1, 0.15) is 12.1 Å². The molecule has 0 aliphatic carbocycles. The van der Waals surface area contributed by atoms with Crippen molar-refractivity contribution in [3.05, 3.63) is 11.1 Å². The van der Waals surface area contributed by atoms with Gasteiger partial charge in [0.05, 0.1) is 5.88 Å². The summed E-state index contributed by atoms with van der Waals surface area (Å²) in [7, 11) is 0. The lowest BCUT2D eigenvalue weighted by Crippen LogP contribution is -2.48. The van der Waals surface area contributed by atoms with E-state index >= 15 is 0 Å². The molecule has 0 radical (unpaired) electrons. The number of nitrogens with zero attached hydrogens (tertiary/aromatic N) is 2. The van der Waals surface area contributed by atoms with Crippen LogP contribution in [-0.4, -0.2) is 52.1 Å². The van der Waals surface area contributed by atoms with Crippen molar-refractivity contribution in [2.75, 3.05) is 23.6 Å². The lowest BCUT2D eigenvalue weighted by atomic mass is 10.2. The van der Waals surface area contributed by atoms with E-state index < -0.39 is 12.1 Å². The Labute approximate surface area is 132 Å². The number of aryl methyl sites for hydroxylation is 1. The fourth-order valence-electron chi connectivity index (χ4n) is 2.03. The number of thioether (sulfide) groups is 1. The Morgan fingerprint density at radius 3 is 3.00 bits per heavy atom. The predicted molar refractivity (Wildman–Crippen MR) is 84.5 cm³/mol. The molecule has 0 saturated carbocycles. The number of hydrogen-bond acceptors (Lipinski definition) is 6. The van der Waals surface area contributed by atoms with Crippen molar-refractivity contribution in [1.29, 1.82) is 0 Å². The summed E-state index contributed by atoms with van der Waals surface area (Å²) < 4.78 is 5.32. The zero-order chi connectivity index (χ0) is 15.4. The first-order chi connectivity index (χ1) is 10.0. The van der Waals surface area contributed by atoms with Crippen LogP contribution in [-0.2, 0) is 14.3 Å². The summed E-state index contributed by atoms with van der Waals surface area (Å²) >= 11 is 2.99. The van der Waals surface area contributed by atoms with Crippen molar-refractivity contribution >= 4 is 40.0 Å². The number of hydrogen-bond donors (Lipinski definition) is 1. The molecular weight excluding hydrogens is 310 g/mol. The van der Waals surface area contributed by atoms with Crippen molar-refractivity contribution in [2.45, 2.75) is 32.9 Å². The third-order valence-corrected chi connectivity index (χ3v) is 4.92. The number of rotatable bonds is 5. The first-order valence-corrected chi connectivity index (χ1v) is 8.73. The van der Waals surface area contributed by atoms with E-state index in [1.54, 1.807) is 29.8 Å². The van der Waals surface area contributed by atoms with E-state index in [9.17, 15) is 9.59 Å². The number of aromatic nitrogens is 1. The van der Waals surface area contributed by atoms with Crippen LogP contribution in [0.1, 0.15) is 18.7 Å². The first-order valence-electron chi connectivity index (χ1n) is 6.76. The standard InChI is InChI=1S/C13H19N3O3S2/c1-4-19-9(3)12(18)16-7-20-6-10(16)11(17)15-13-14-5-8(2)21-13/h5,9-10H,4,6-7H2,1-3H3,(H,14,15,17)/t9-,10+/m1/s1. The molecule has 1 aliphatic heterocycles. The van der Waals surface area contributed by atoms with Crippen LogP contribution in [0.5, 0.6) is 0 Å². The molecule has 1 N–H and O–H groups in total. The zero-order valence-electron chi connectivity index (χ0n) is 12.3. The van der Waals surface area contributed by atoms with Crippen LogP contribution >= 0.6 is 23.1 Å². The minimum atomic E-state index is -0.522. The quantitative estimate of drug-likeness (QED) is 0.890. The fourth-order valence-corrected chi connectivity index (χ4v) is 3.86. The van der Waals surface area contributed by atoms with E-state index in [1.807, 2.05) is 13.8 Å². The van der Waals surface area contributed by atoms with Crippen LogP contribution in [0.4, 0.5) is 5.13 Å². The van der Waals surface area contributed by atoms with Crippen molar-refractivity contribution in [3.63, 3.8) is 0 Å². The smallest absolute Gasteiger partial charge is 0.252 e. The van der Waals surface area contributed by atoms with E-state index in [2.05, 4.69) is 10.3 Å². The van der Waals surface area contributed by atoms with Gasteiger partial charge in [0, 0.05) is 23.4 Å². The zero-order valence-corrected chi connectivity index (χ0v) is 13.9. The summed E-state index contributed by atoms with van der Waals surface area (Å²) in [5, 5.41) is 3.35. The summed E-state index contributed by atoms with van der Waals surface area (Å²) in [6.45, 7) is 5.97. The second kappa shape index (κ2) is 7.24. The second-order valence-corrected chi connectivity index (χ2v) is 6.92. The Balaban J connectivity index is 2.00. The van der Waals surface area contributed by atoms with E-state index in [0.29, 0.717) is 23.4 Å². The topological polar surface area (TPSA) is 71.5 Å². The highest BCUT2D eigenvalue weighted by atomic mass is 32.2. The highest BCUT2D eigenvalue weighted by Gasteiger charge is 2.36. The first kappa shape index (κ1) is 16.3. The molecule has 1 aromatic rings. The SMILES string of the molecule is CCO[C@H](C)C(=O)N1CSC[C@H]1C(=O)Nc1ncc(C)s1. The molecule has 1 fully saturated rings. The summed E-state index contributed by atoms with van der Waals surface area (Å²) in [4.78, 5) is 31.4. The second-order valence-electron chi connectivity index (χ2n) is 4.69. The minimum Gasteiger partial charge on any atom is -0.369 e. The summed E-state index contributed by atoms with van der Waals surface area (Å²) in [5.74, 6) is 0.787. The Kier molecular flexibility index (Phi) is 5.60. The van der Waals surface area contributed by atoms with Gasteiger partial charge in [-0.25, -0.2) is 4.98 Å². The average molecular weight is 329 g/mol. The molecular formula is C13H19N3O3S2. The van der Waals surface area contributed by atoms with Gasteiger partial charge in [-0.05, 0) is 20.8 Å². The minimum absolute atomic E-state index is 0.141. The molecule has 0 bridgehead atoms. The van der Waals surface area contributed by atoms with Crippen LogP contribution in [0.3, 0.4) is 0 Å². The van der Waals surface area contributed by atoms with Crippen LogP contribution in [0.2, 0.25) is 0 Å². The highest BCUT2D eigenvalue weighted by molar-refractivity contribution is 7.99. The molecule has 1 aliphatic rings. The van der Waals surface area contributed by atoms with Gasteiger partial charge in [-0.1, -0.05) is 0 Å². The van der Waals surface area contributed by atoms with Crippen molar-refractivity contribution in [1.82, 2.24) is 9.88 Å². The van der Waals surface area contributed by atoms with Crippen molar-refractivity contribution in [2.24, 2.45) is 0 Å². The fraction of sp³-hybridized carbons (Fsp3) is 0.615. The number of anilines is 1. The maximum absolute atomic E-state index is 12.3. The molecule has 0 aromatic carbocycles. The van der Waals surface area contributed by atoms with Crippen LogP contribution in [0.25, 0.3) is 0 Å². The molecule has 0 spiro atoms. The molecule has 1 aromatic heterocycles. The largest absolute Gasteiger partial charge is 0.369 e. The van der Waals surface area contributed by atoms with Crippen molar-refractivity contribution < 1.29 is 14.3 Å². The lowest BCUT2D eigenvalue weighted by molar-refractivity contribution is -0.145. The molecule has 6 nitrogen and oxygen atoms in total. The van der Waals surface area contributed by atoms with Gasteiger partial charge in [-0.2, -0.15) is 0 Å². The number of thiazole rings is 1.